The zero-order valence-electron chi connectivity index (χ0n) is 15.0. The first-order valence-corrected chi connectivity index (χ1v) is 9.40. The predicted molar refractivity (Wildman–Crippen MR) is 112 cm³/mol. The molecular formula is C21H16N4O2S. The average Bonchev–Trinajstić information content (AvgIpc) is 3.20. The number of carbonyl (C=O) groups is 1. The number of aryl methyl sites for hydroxylation is 1. The van der Waals surface area contributed by atoms with E-state index in [1.54, 1.807) is 41.8 Å². The van der Waals surface area contributed by atoms with Gasteiger partial charge in [0.05, 0.1) is 11.6 Å². The van der Waals surface area contributed by atoms with Crippen LogP contribution in [0.2, 0.25) is 0 Å². The molecule has 1 N–H and O–H groups in total. The molecule has 1 amide bonds. The molecule has 0 saturated heterocycles. The fraction of sp³-hybridized carbons (Fsp3) is 0.0476. The second-order valence-electron chi connectivity index (χ2n) is 6.09. The van der Waals surface area contributed by atoms with Crippen LogP contribution in [-0.2, 0) is 7.05 Å². The molecule has 0 aliphatic carbocycles. The van der Waals surface area contributed by atoms with Crippen LogP contribution in [0, 0.1) is 0 Å². The van der Waals surface area contributed by atoms with E-state index in [4.69, 9.17) is 0 Å². The Bertz CT molecular complexity index is 1240. The maximum Gasteiger partial charge on any atom is 0.292 e. The Morgan fingerprint density at radius 2 is 1.75 bits per heavy atom. The first kappa shape index (κ1) is 17.8. The number of carbonyl (C=O) groups excluding carboxylic acids is 1. The molecule has 0 radical (unpaired) electrons. The Kier molecular flexibility index (Phi) is 4.82. The van der Waals surface area contributed by atoms with Crippen molar-refractivity contribution in [1.29, 1.82) is 0 Å². The minimum atomic E-state index is -0.470. The summed E-state index contributed by atoms with van der Waals surface area (Å²) in [7, 11) is 1.52. The zero-order chi connectivity index (χ0) is 19.5. The molecule has 2 heterocycles. The molecule has 2 aromatic carbocycles. The summed E-state index contributed by atoms with van der Waals surface area (Å²) in [5, 5.41) is 9.08. The van der Waals surface area contributed by atoms with E-state index >= 15 is 0 Å². The lowest BCUT2D eigenvalue weighted by Crippen LogP contribution is -2.27. The summed E-state index contributed by atoms with van der Waals surface area (Å²) in [6, 6.07) is 20.9. The van der Waals surface area contributed by atoms with E-state index in [0.717, 1.165) is 20.0 Å². The quantitative estimate of drug-likeness (QED) is 0.430. The number of rotatable bonds is 4. The maximum atomic E-state index is 12.5. The highest BCUT2D eigenvalue weighted by Gasteiger charge is 2.14. The van der Waals surface area contributed by atoms with Gasteiger partial charge < -0.3 is 0 Å². The van der Waals surface area contributed by atoms with Crippen molar-refractivity contribution in [1.82, 2.24) is 15.2 Å². The van der Waals surface area contributed by atoms with Gasteiger partial charge in [0.25, 0.3) is 11.5 Å². The molecule has 4 aromatic rings. The first-order valence-electron chi connectivity index (χ1n) is 8.58. The Balaban J connectivity index is 1.54. The number of hydrogen-bond acceptors (Lipinski definition) is 5. The Morgan fingerprint density at radius 1 is 1.04 bits per heavy atom. The summed E-state index contributed by atoms with van der Waals surface area (Å²) < 4.78 is 1.16. The average molecular weight is 388 g/mol. The number of benzene rings is 2. The van der Waals surface area contributed by atoms with Crippen molar-refractivity contribution in [3.8, 4) is 10.4 Å². The van der Waals surface area contributed by atoms with Crippen LogP contribution in [0.5, 0.6) is 0 Å². The number of fused-ring (bicyclic) bond motifs is 1. The van der Waals surface area contributed by atoms with Crippen molar-refractivity contribution >= 4 is 34.2 Å². The molecular weight excluding hydrogens is 372 g/mol. The third kappa shape index (κ3) is 3.47. The van der Waals surface area contributed by atoms with Crippen LogP contribution in [0.15, 0.2) is 76.6 Å². The van der Waals surface area contributed by atoms with E-state index in [1.807, 2.05) is 42.5 Å². The van der Waals surface area contributed by atoms with Crippen molar-refractivity contribution in [2.75, 3.05) is 0 Å². The van der Waals surface area contributed by atoms with Gasteiger partial charge in [-0.15, -0.1) is 11.3 Å². The minimum absolute atomic E-state index is 0.158. The number of hydrogen-bond donors (Lipinski definition) is 1. The lowest BCUT2D eigenvalue weighted by atomic mass is 10.1. The molecule has 0 fully saturated rings. The molecule has 7 heteroatoms. The van der Waals surface area contributed by atoms with E-state index in [0.29, 0.717) is 10.8 Å². The predicted octanol–water partition coefficient (Wildman–Crippen LogP) is 3.43. The van der Waals surface area contributed by atoms with Crippen molar-refractivity contribution in [2.45, 2.75) is 0 Å². The molecule has 0 saturated carbocycles. The van der Waals surface area contributed by atoms with Gasteiger partial charge in [0, 0.05) is 22.2 Å². The first-order chi connectivity index (χ1) is 13.6. The van der Waals surface area contributed by atoms with Crippen molar-refractivity contribution in [3.63, 3.8) is 0 Å². The van der Waals surface area contributed by atoms with Gasteiger partial charge in [-0.3, -0.25) is 9.59 Å². The van der Waals surface area contributed by atoms with E-state index in [9.17, 15) is 9.59 Å². The van der Waals surface area contributed by atoms with Crippen LogP contribution in [0.25, 0.3) is 21.2 Å². The molecule has 138 valence electrons. The van der Waals surface area contributed by atoms with Gasteiger partial charge in [0.1, 0.15) is 0 Å². The van der Waals surface area contributed by atoms with Crippen LogP contribution in [0.3, 0.4) is 0 Å². The van der Waals surface area contributed by atoms with E-state index in [1.165, 1.54) is 7.05 Å². The fourth-order valence-corrected chi connectivity index (χ4v) is 3.74. The molecule has 0 spiro atoms. The van der Waals surface area contributed by atoms with Crippen molar-refractivity contribution < 1.29 is 4.79 Å². The highest BCUT2D eigenvalue weighted by atomic mass is 32.1. The molecule has 2 aromatic heterocycles. The summed E-state index contributed by atoms with van der Waals surface area (Å²) in [6.07, 6.45) is 1.60. The lowest BCUT2D eigenvalue weighted by Gasteiger charge is -2.06. The Morgan fingerprint density at radius 3 is 2.54 bits per heavy atom. The Hall–Kier alpha value is -3.58. The number of amides is 1. The number of aromatic nitrogens is 2. The van der Waals surface area contributed by atoms with Crippen LogP contribution in [-0.4, -0.2) is 21.9 Å². The molecule has 4 rings (SSSR count). The number of nitrogens with zero attached hydrogens (tertiary/aromatic N) is 3. The van der Waals surface area contributed by atoms with Crippen LogP contribution in [0.1, 0.15) is 15.4 Å². The number of thiophene rings is 1. The zero-order valence-corrected chi connectivity index (χ0v) is 15.8. The second-order valence-corrected chi connectivity index (χ2v) is 7.21. The van der Waals surface area contributed by atoms with E-state index in [-0.39, 0.29) is 11.3 Å². The second kappa shape index (κ2) is 7.58. The van der Waals surface area contributed by atoms with Gasteiger partial charge >= 0.3 is 0 Å². The molecule has 0 aliphatic heterocycles. The van der Waals surface area contributed by atoms with Crippen LogP contribution < -0.4 is 11.0 Å². The third-order valence-corrected chi connectivity index (χ3v) is 5.28. The van der Waals surface area contributed by atoms with Gasteiger partial charge in [-0.25, -0.2) is 10.1 Å². The largest absolute Gasteiger partial charge is 0.292 e. The highest BCUT2D eigenvalue weighted by molar-refractivity contribution is 7.17. The summed E-state index contributed by atoms with van der Waals surface area (Å²) >= 11 is 1.58. The molecule has 0 unspecified atom stereocenters. The SMILES string of the molecule is Cn1nc(C(=O)N/N=C\c2ccc(-c3ccccc3)s2)c2ccccc2c1=O. The normalized spacial score (nSPS) is 11.2. The van der Waals surface area contributed by atoms with Gasteiger partial charge in [-0.2, -0.15) is 10.2 Å². The van der Waals surface area contributed by atoms with Crippen molar-refractivity contribution in [2.24, 2.45) is 12.1 Å². The van der Waals surface area contributed by atoms with E-state index < -0.39 is 5.91 Å². The smallest absolute Gasteiger partial charge is 0.267 e. The standard InChI is InChI=1S/C21H16N4O2S/c1-25-21(27)17-10-6-5-9-16(17)19(24-25)20(26)23-22-13-15-11-12-18(28-15)14-7-3-2-4-8-14/h2-13H,1H3,(H,23,26)/b22-13-. The molecule has 28 heavy (non-hydrogen) atoms. The van der Waals surface area contributed by atoms with Crippen molar-refractivity contribution in [3.05, 3.63) is 87.7 Å². The maximum absolute atomic E-state index is 12.5. The Labute approximate surface area is 164 Å². The number of hydrazone groups is 1. The minimum Gasteiger partial charge on any atom is -0.267 e. The molecule has 6 nitrogen and oxygen atoms in total. The van der Waals surface area contributed by atoms with Gasteiger partial charge in [0.15, 0.2) is 5.69 Å². The highest BCUT2D eigenvalue weighted by Crippen LogP contribution is 2.26. The summed E-state index contributed by atoms with van der Waals surface area (Å²) in [5.74, 6) is -0.470. The third-order valence-electron chi connectivity index (χ3n) is 4.21. The number of nitrogens with one attached hydrogen (secondary N) is 1. The van der Waals surface area contributed by atoms with Gasteiger partial charge in [-0.05, 0) is 23.8 Å². The monoisotopic (exact) mass is 388 g/mol. The lowest BCUT2D eigenvalue weighted by molar-refractivity contribution is 0.0950. The van der Waals surface area contributed by atoms with Gasteiger partial charge in [-0.1, -0.05) is 48.5 Å². The molecule has 0 atom stereocenters. The molecule has 0 bridgehead atoms. The fourth-order valence-electron chi connectivity index (χ4n) is 2.85. The topological polar surface area (TPSA) is 76.3 Å². The molecule has 0 aliphatic rings. The summed E-state index contributed by atoms with van der Waals surface area (Å²) in [4.78, 5) is 26.7. The van der Waals surface area contributed by atoms with E-state index in [2.05, 4.69) is 15.6 Å². The van der Waals surface area contributed by atoms with Crippen LogP contribution in [0.4, 0.5) is 0 Å². The van der Waals surface area contributed by atoms with Crippen LogP contribution >= 0.6 is 11.3 Å². The summed E-state index contributed by atoms with van der Waals surface area (Å²) in [5.41, 5.74) is 3.54. The summed E-state index contributed by atoms with van der Waals surface area (Å²) in [6.45, 7) is 0. The van der Waals surface area contributed by atoms with Gasteiger partial charge in [0.2, 0.25) is 0 Å².